The van der Waals surface area contributed by atoms with E-state index in [9.17, 15) is 4.79 Å². The van der Waals surface area contributed by atoms with Crippen LogP contribution in [0.5, 0.6) is 11.5 Å². The Kier molecular flexibility index (Phi) is 6.01. The summed E-state index contributed by atoms with van der Waals surface area (Å²) in [7, 11) is 0. The largest absolute Gasteiger partial charge is 0.490 e. The molecule has 0 aliphatic carbocycles. The molecule has 0 bridgehead atoms. The molecule has 0 fully saturated rings. The van der Waals surface area contributed by atoms with E-state index in [1.807, 2.05) is 26.0 Å². The number of carbonyl (C=O) groups excluding carboxylic acids is 1. The molecule has 0 heterocycles. The highest BCUT2D eigenvalue weighted by Crippen LogP contribution is 2.19. The standard InChI is InChI=1S/C20H23NO3/c1-5-10-23-18-8-6-17(7-9-18)21-20(22)16(4)24-19-12-14(2)11-15(3)13-19/h5-9,11-13,16H,1,10H2,2-4H3,(H,21,22)/t16-/m1/s1. The number of hydrogen-bond acceptors (Lipinski definition) is 3. The maximum atomic E-state index is 12.3. The van der Waals surface area contributed by atoms with Gasteiger partial charge in [-0.2, -0.15) is 0 Å². The molecule has 1 atom stereocenters. The van der Waals surface area contributed by atoms with Crippen molar-refractivity contribution in [2.24, 2.45) is 0 Å². The van der Waals surface area contributed by atoms with Gasteiger partial charge >= 0.3 is 0 Å². The Bertz CT molecular complexity index is 687. The summed E-state index contributed by atoms with van der Waals surface area (Å²) in [5, 5.41) is 2.83. The maximum Gasteiger partial charge on any atom is 0.265 e. The summed E-state index contributed by atoms with van der Waals surface area (Å²) < 4.78 is 11.1. The average molecular weight is 325 g/mol. The fourth-order valence-corrected chi connectivity index (χ4v) is 2.29. The van der Waals surface area contributed by atoms with E-state index < -0.39 is 6.10 Å². The van der Waals surface area contributed by atoms with Gasteiger partial charge in [0.2, 0.25) is 0 Å². The molecule has 126 valence electrons. The second kappa shape index (κ2) is 8.20. The van der Waals surface area contributed by atoms with E-state index in [2.05, 4.69) is 18.0 Å². The van der Waals surface area contributed by atoms with Crippen molar-refractivity contribution in [2.45, 2.75) is 26.9 Å². The molecule has 2 rings (SSSR count). The van der Waals surface area contributed by atoms with Crippen molar-refractivity contribution in [3.63, 3.8) is 0 Å². The summed E-state index contributed by atoms with van der Waals surface area (Å²) in [5.74, 6) is 1.23. The second-order valence-corrected chi connectivity index (χ2v) is 5.70. The number of hydrogen-bond donors (Lipinski definition) is 1. The Labute approximate surface area is 143 Å². The summed E-state index contributed by atoms with van der Waals surface area (Å²) >= 11 is 0. The first-order valence-corrected chi connectivity index (χ1v) is 7.87. The van der Waals surface area contributed by atoms with Crippen LogP contribution in [0.3, 0.4) is 0 Å². The van der Waals surface area contributed by atoms with Crippen LogP contribution < -0.4 is 14.8 Å². The van der Waals surface area contributed by atoms with Gasteiger partial charge in [0.05, 0.1) is 0 Å². The Morgan fingerprint density at radius 3 is 2.33 bits per heavy atom. The maximum absolute atomic E-state index is 12.3. The molecular weight excluding hydrogens is 302 g/mol. The van der Waals surface area contributed by atoms with E-state index in [1.165, 1.54) is 0 Å². The Balaban J connectivity index is 1.94. The molecule has 0 aliphatic rings. The molecule has 4 heteroatoms. The molecule has 1 N–H and O–H groups in total. The summed E-state index contributed by atoms with van der Waals surface area (Å²) in [6.07, 6.45) is 1.09. The minimum Gasteiger partial charge on any atom is -0.490 e. The number of amides is 1. The third-order valence-electron chi connectivity index (χ3n) is 3.37. The predicted octanol–water partition coefficient (Wildman–Crippen LogP) is 4.27. The normalized spacial score (nSPS) is 11.5. The second-order valence-electron chi connectivity index (χ2n) is 5.70. The fraction of sp³-hybridized carbons (Fsp3) is 0.250. The lowest BCUT2D eigenvalue weighted by molar-refractivity contribution is -0.122. The van der Waals surface area contributed by atoms with Gasteiger partial charge < -0.3 is 14.8 Å². The van der Waals surface area contributed by atoms with Crippen molar-refractivity contribution in [2.75, 3.05) is 11.9 Å². The zero-order valence-corrected chi connectivity index (χ0v) is 14.3. The van der Waals surface area contributed by atoms with Gasteiger partial charge in [-0.1, -0.05) is 18.7 Å². The molecule has 2 aromatic carbocycles. The number of rotatable bonds is 7. The molecule has 0 spiro atoms. The van der Waals surface area contributed by atoms with Gasteiger partial charge in [-0.05, 0) is 68.3 Å². The third-order valence-corrected chi connectivity index (χ3v) is 3.37. The first-order valence-electron chi connectivity index (χ1n) is 7.87. The number of carbonyl (C=O) groups is 1. The molecule has 24 heavy (non-hydrogen) atoms. The van der Waals surface area contributed by atoms with Crippen molar-refractivity contribution in [1.82, 2.24) is 0 Å². The smallest absolute Gasteiger partial charge is 0.265 e. The Morgan fingerprint density at radius 2 is 1.75 bits per heavy atom. The van der Waals surface area contributed by atoms with Crippen LogP contribution >= 0.6 is 0 Å². The summed E-state index contributed by atoms with van der Waals surface area (Å²) in [6, 6.07) is 13.1. The van der Waals surface area contributed by atoms with Crippen molar-refractivity contribution in [1.29, 1.82) is 0 Å². The Hall–Kier alpha value is -2.75. The molecule has 1 amide bonds. The lowest BCUT2D eigenvalue weighted by atomic mass is 10.1. The van der Waals surface area contributed by atoms with Crippen molar-refractivity contribution in [3.8, 4) is 11.5 Å². The minimum atomic E-state index is -0.595. The third kappa shape index (κ3) is 5.16. The van der Waals surface area contributed by atoms with Gasteiger partial charge in [-0.25, -0.2) is 0 Å². The van der Waals surface area contributed by atoms with E-state index >= 15 is 0 Å². The van der Waals surface area contributed by atoms with Crippen LogP contribution in [0.4, 0.5) is 5.69 Å². The van der Waals surface area contributed by atoms with Crippen LogP contribution in [0.1, 0.15) is 18.1 Å². The number of benzene rings is 2. The molecular formula is C20H23NO3. The van der Waals surface area contributed by atoms with Crippen molar-refractivity contribution >= 4 is 11.6 Å². The fourth-order valence-electron chi connectivity index (χ4n) is 2.29. The summed E-state index contributed by atoms with van der Waals surface area (Å²) in [5.41, 5.74) is 2.90. The van der Waals surface area contributed by atoms with Gasteiger partial charge in [-0.3, -0.25) is 4.79 Å². The first-order chi connectivity index (χ1) is 11.5. The minimum absolute atomic E-state index is 0.200. The van der Waals surface area contributed by atoms with E-state index in [0.29, 0.717) is 18.0 Å². The zero-order chi connectivity index (χ0) is 17.5. The molecule has 2 aromatic rings. The number of anilines is 1. The highest BCUT2D eigenvalue weighted by molar-refractivity contribution is 5.94. The quantitative estimate of drug-likeness (QED) is 0.773. The van der Waals surface area contributed by atoms with Crippen LogP contribution in [0.2, 0.25) is 0 Å². The molecule has 0 aromatic heterocycles. The zero-order valence-electron chi connectivity index (χ0n) is 14.3. The van der Waals surface area contributed by atoms with Gasteiger partial charge in [0.15, 0.2) is 6.10 Å². The molecule has 0 unspecified atom stereocenters. The average Bonchev–Trinajstić information content (AvgIpc) is 2.53. The molecule has 0 radical (unpaired) electrons. The highest BCUT2D eigenvalue weighted by atomic mass is 16.5. The highest BCUT2D eigenvalue weighted by Gasteiger charge is 2.15. The van der Waals surface area contributed by atoms with Gasteiger partial charge in [-0.15, -0.1) is 0 Å². The molecule has 0 aliphatic heterocycles. The van der Waals surface area contributed by atoms with E-state index in [4.69, 9.17) is 9.47 Å². The van der Waals surface area contributed by atoms with Gasteiger partial charge in [0, 0.05) is 5.69 Å². The first kappa shape index (κ1) is 17.6. The summed E-state index contributed by atoms with van der Waals surface area (Å²) in [6.45, 7) is 9.78. The molecule has 0 saturated heterocycles. The lowest BCUT2D eigenvalue weighted by Crippen LogP contribution is -2.30. The van der Waals surface area contributed by atoms with Crippen LogP contribution in [-0.2, 0) is 4.79 Å². The van der Waals surface area contributed by atoms with E-state index in [-0.39, 0.29) is 5.91 Å². The number of nitrogens with one attached hydrogen (secondary N) is 1. The van der Waals surface area contributed by atoms with E-state index in [1.54, 1.807) is 37.3 Å². The monoisotopic (exact) mass is 325 g/mol. The van der Waals surface area contributed by atoms with Crippen LogP contribution in [-0.4, -0.2) is 18.6 Å². The summed E-state index contributed by atoms with van der Waals surface area (Å²) in [4.78, 5) is 12.3. The van der Waals surface area contributed by atoms with Crippen molar-refractivity contribution in [3.05, 3.63) is 66.2 Å². The van der Waals surface area contributed by atoms with E-state index in [0.717, 1.165) is 16.9 Å². The Morgan fingerprint density at radius 1 is 1.12 bits per heavy atom. The van der Waals surface area contributed by atoms with Gasteiger partial charge in [0.1, 0.15) is 18.1 Å². The van der Waals surface area contributed by atoms with Crippen LogP contribution in [0, 0.1) is 13.8 Å². The van der Waals surface area contributed by atoms with Crippen molar-refractivity contribution < 1.29 is 14.3 Å². The topological polar surface area (TPSA) is 47.6 Å². The predicted molar refractivity (Wildman–Crippen MR) is 96.8 cm³/mol. The molecule has 0 saturated carbocycles. The van der Waals surface area contributed by atoms with Crippen LogP contribution in [0.25, 0.3) is 0 Å². The number of ether oxygens (including phenoxy) is 2. The SMILES string of the molecule is C=CCOc1ccc(NC(=O)[C@@H](C)Oc2cc(C)cc(C)c2)cc1. The molecule has 4 nitrogen and oxygen atoms in total. The van der Waals surface area contributed by atoms with Gasteiger partial charge in [0.25, 0.3) is 5.91 Å². The number of aryl methyl sites for hydroxylation is 2. The van der Waals surface area contributed by atoms with Crippen LogP contribution in [0.15, 0.2) is 55.1 Å². The lowest BCUT2D eigenvalue weighted by Gasteiger charge is -2.16.